The van der Waals surface area contributed by atoms with Crippen molar-refractivity contribution in [2.45, 2.75) is 19.4 Å². The molecule has 0 heterocycles. The van der Waals surface area contributed by atoms with Crippen LogP contribution in [0.5, 0.6) is 0 Å². The van der Waals surface area contributed by atoms with Crippen molar-refractivity contribution >= 4 is 21.8 Å². The van der Waals surface area contributed by atoms with Crippen molar-refractivity contribution in [1.29, 1.82) is 0 Å². The Bertz CT molecular complexity index is 355. The summed E-state index contributed by atoms with van der Waals surface area (Å²) in [6.07, 6.45) is 0.830. The van der Waals surface area contributed by atoms with E-state index in [9.17, 15) is 4.79 Å². The molecule has 0 aliphatic heterocycles. The summed E-state index contributed by atoms with van der Waals surface area (Å²) in [7, 11) is 1.76. The lowest BCUT2D eigenvalue weighted by atomic mass is 10.1. The fourth-order valence-electron chi connectivity index (χ4n) is 1.53. The molecule has 3 nitrogen and oxygen atoms in total. The van der Waals surface area contributed by atoms with Crippen molar-refractivity contribution in [1.82, 2.24) is 10.6 Å². The highest BCUT2D eigenvalue weighted by Gasteiger charge is 2.08. The number of halogens is 1. The van der Waals surface area contributed by atoms with E-state index in [0.717, 1.165) is 10.9 Å². The van der Waals surface area contributed by atoms with Gasteiger partial charge in [-0.1, -0.05) is 34.1 Å². The van der Waals surface area contributed by atoms with Crippen LogP contribution in [0, 0.1) is 0 Å². The Hall–Kier alpha value is -0.870. The molecule has 1 aromatic rings. The minimum absolute atomic E-state index is 0.0297. The molecule has 2 N–H and O–H groups in total. The first kappa shape index (κ1) is 13.2. The molecule has 0 bridgehead atoms. The summed E-state index contributed by atoms with van der Waals surface area (Å²) in [5.41, 5.74) is 1.21. The zero-order valence-electron chi connectivity index (χ0n) is 9.59. The van der Waals surface area contributed by atoms with Gasteiger partial charge in [0, 0.05) is 10.5 Å². The Morgan fingerprint density at radius 3 is 2.75 bits per heavy atom. The van der Waals surface area contributed by atoms with Gasteiger partial charge in [0.1, 0.15) is 0 Å². The van der Waals surface area contributed by atoms with Gasteiger partial charge < -0.3 is 10.6 Å². The second-order valence-electron chi connectivity index (χ2n) is 3.79. The molecule has 0 aliphatic carbocycles. The van der Waals surface area contributed by atoms with E-state index < -0.39 is 0 Å². The third-order valence-corrected chi connectivity index (χ3v) is 3.00. The number of hydrogen-bond donors (Lipinski definition) is 2. The van der Waals surface area contributed by atoms with E-state index in [0.29, 0.717) is 6.54 Å². The molecule has 0 spiro atoms. The number of carbonyl (C=O) groups is 1. The van der Waals surface area contributed by atoms with Crippen LogP contribution < -0.4 is 10.6 Å². The Labute approximate surface area is 105 Å². The molecule has 1 amide bonds. The van der Waals surface area contributed by atoms with Crippen LogP contribution in [0.3, 0.4) is 0 Å². The highest BCUT2D eigenvalue weighted by atomic mass is 79.9. The smallest absolute Gasteiger partial charge is 0.234 e. The van der Waals surface area contributed by atoms with Crippen molar-refractivity contribution < 1.29 is 4.79 Å². The van der Waals surface area contributed by atoms with Gasteiger partial charge in [-0.25, -0.2) is 0 Å². The SMILES string of the molecule is CNCC(=O)NC(C)Cc1ccccc1Br. The second kappa shape index (κ2) is 6.66. The summed E-state index contributed by atoms with van der Waals surface area (Å²) >= 11 is 3.50. The van der Waals surface area contributed by atoms with Crippen LogP contribution in [0.25, 0.3) is 0 Å². The minimum Gasteiger partial charge on any atom is -0.352 e. The van der Waals surface area contributed by atoms with Gasteiger partial charge in [-0.3, -0.25) is 4.79 Å². The maximum absolute atomic E-state index is 11.3. The van der Waals surface area contributed by atoms with Crippen LogP contribution in [-0.2, 0) is 11.2 Å². The predicted octanol–water partition coefficient (Wildman–Crippen LogP) is 1.72. The number of carbonyl (C=O) groups excluding carboxylic acids is 1. The van der Waals surface area contributed by atoms with Gasteiger partial charge in [0.05, 0.1) is 6.54 Å². The van der Waals surface area contributed by atoms with Crippen LogP contribution in [-0.4, -0.2) is 25.5 Å². The fourth-order valence-corrected chi connectivity index (χ4v) is 1.98. The molecule has 88 valence electrons. The number of nitrogens with one attached hydrogen (secondary N) is 2. The highest BCUT2D eigenvalue weighted by Crippen LogP contribution is 2.17. The largest absolute Gasteiger partial charge is 0.352 e. The molecular weight excluding hydrogens is 268 g/mol. The molecule has 1 aromatic carbocycles. The topological polar surface area (TPSA) is 41.1 Å². The quantitative estimate of drug-likeness (QED) is 0.865. The molecule has 0 aliphatic rings. The molecule has 0 saturated heterocycles. The maximum atomic E-state index is 11.3. The van der Waals surface area contributed by atoms with Gasteiger partial charge in [0.15, 0.2) is 0 Å². The Kier molecular flexibility index (Phi) is 5.49. The average molecular weight is 285 g/mol. The van der Waals surface area contributed by atoms with Crippen molar-refractivity contribution in [3.8, 4) is 0 Å². The van der Waals surface area contributed by atoms with Gasteiger partial charge in [-0.05, 0) is 32.0 Å². The van der Waals surface area contributed by atoms with Gasteiger partial charge in [-0.2, -0.15) is 0 Å². The zero-order valence-corrected chi connectivity index (χ0v) is 11.2. The number of amides is 1. The summed E-state index contributed by atoms with van der Waals surface area (Å²) < 4.78 is 1.09. The van der Waals surface area contributed by atoms with Gasteiger partial charge in [0.25, 0.3) is 0 Å². The molecule has 16 heavy (non-hydrogen) atoms. The van der Waals surface area contributed by atoms with Crippen LogP contribution in [0.15, 0.2) is 28.7 Å². The Morgan fingerprint density at radius 2 is 2.12 bits per heavy atom. The Morgan fingerprint density at radius 1 is 1.44 bits per heavy atom. The summed E-state index contributed by atoms with van der Waals surface area (Å²) in [5.74, 6) is 0.0297. The summed E-state index contributed by atoms with van der Waals surface area (Å²) in [5, 5.41) is 5.76. The maximum Gasteiger partial charge on any atom is 0.234 e. The monoisotopic (exact) mass is 284 g/mol. The lowest BCUT2D eigenvalue weighted by Crippen LogP contribution is -2.39. The van der Waals surface area contributed by atoms with Crippen molar-refractivity contribution in [2.75, 3.05) is 13.6 Å². The molecular formula is C12H17BrN2O. The minimum atomic E-state index is 0.0297. The standard InChI is InChI=1S/C12H17BrN2O/c1-9(15-12(16)8-14-2)7-10-5-3-4-6-11(10)13/h3-6,9,14H,7-8H2,1-2H3,(H,15,16). The van der Waals surface area contributed by atoms with E-state index in [1.807, 2.05) is 25.1 Å². The molecule has 1 atom stereocenters. The van der Waals surface area contributed by atoms with Crippen LogP contribution >= 0.6 is 15.9 Å². The zero-order chi connectivity index (χ0) is 12.0. The van der Waals surface area contributed by atoms with E-state index in [4.69, 9.17) is 0 Å². The molecule has 0 saturated carbocycles. The molecule has 0 aromatic heterocycles. The lowest BCUT2D eigenvalue weighted by molar-refractivity contribution is -0.120. The third kappa shape index (κ3) is 4.33. The number of rotatable bonds is 5. The van der Waals surface area contributed by atoms with Crippen LogP contribution in [0.2, 0.25) is 0 Å². The summed E-state index contributed by atoms with van der Waals surface area (Å²) in [6, 6.07) is 8.20. The predicted molar refractivity (Wildman–Crippen MR) is 69.4 cm³/mol. The molecule has 0 fully saturated rings. The first-order valence-corrected chi connectivity index (χ1v) is 6.10. The van der Waals surface area contributed by atoms with E-state index in [1.54, 1.807) is 7.05 Å². The van der Waals surface area contributed by atoms with E-state index in [1.165, 1.54) is 5.56 Å². The molecule has 1 unspecified atom stereocenters. The second-order valence-corrected chi connectivity index (χ2v) is 4.65. The fraction of sp³-hybridized carbons (Fsp3) is 0.417. The summed E-state index contributed by atoms with van der Waals surface area (Å²) in [6.45, 7) is 2.37. The number of likely N-dealkylation sites (N-methyl/N-ethyl adjacent to an activating group) is 1. The van der Waals surface area contributed by atoms with E-state index in [2.05, 4.69) is 32.6 Å². The third-order valence-electron chi connectivity index (χ3n) is 2.23. The van der Waals surface area contributed by atoms with Crippen LogP contribution in [0.4, 0.5) is 0 Å². The first-order valence-electron chi connectivity index (χ1n) is 5.31. The van der Waals surface area contributed by atoms with E-state index >= 15 is 0 Å². The molecule has 1 rings (SSSR count). The van der Waals surface area contributed by atoms with Gasteiger partial charge in [0.2, 0.25) is 5.91 Å². The van der Waals surface area contributed by atoms with Crippen molar-refractivity contribution in [2.24, 2.45) is 0 Å². The van der Waals surface area contributed by atoms with E-state index in [-0.39, 0.29) is 11.9 Å². The van der Waals surface area contributed by atoms with Crippen LogP contribution in [0.1, 0.15) is 12.5 Å². The van der Waals surface area contributed by atoms with Gasteiger partial charge >= 0.3 is 0 Å². The average Bonchev–Trinajstić information content (AvgIpc) is 2.21. The molecule has 0 radical (unpaired) electrons. The van der Waals surface area contributed by atoms with Crippen molar-refractivity contribution in [3.05, 3.63) is 34.3 Å². The van der Waals surface area contributed by atoms with Gasteiger partial charge in [-0.15, -0.1) is 0 Å². The Balaban J connectivity index is 2.48. The number of benzene rings is 1. The lowest BCUT2D eigenvalue weighted by Gasteiger charge is -2.14. The number of hydrogen-bond acceptors (Lipinski definition) is 2. The normalized spacial score (nSPS) is 12.2. The summed E-state index contributed by atoms with van der Waals surface area (Å²) in [4.78, 5) is 11.3. The van der Waals surface area contributed by atoms with Crippen molar-refractivity contribution in [3.63, 3.8) is 0 Å². The highest BCUT2D eigenvalue weighted by molar-refractivity contribution is 9.10. The molecule has 4 heteroatoms. The first-order chi connectivity index (χ1) is 7.63.